The van der Waals surface area contributed by atoms with E-state index in [9.17, 15) is 13.9 Å². The molecule has 0 radical (unpaired) electrons. The number of aliphatic hydroxyl groups is 1. The first-order chi connectivity index (χ1) is 10.6. The van der Waals surface area contributed by atoms with Gasteiger partial charge in [0, 0.05) is 11.1 Å². The fourth-order valence-electron chi connectivity index (χ4n) is 2.78. The zero-order valence-corrected chi connectivity index (χ0v) is 12.0. The topological polar surface area (TPSA) is 71.2 Å². The molecule has 118 valence electrons. The highest BCUT2D eigenvalue weighted by Gasteiger charge is 2.32. The molecule has 0 spiro atoms. The maximum Gasteiger partial charge on any atom is 0.240 e. The molecule has 0 unspecified atom stereocenters. The van der Waals surface area contributed by atoms with Crippen LogP contribution in [0.5, 0.6) is 0 Å². The monoisotopic (exact) mass is 309 g/mol. The first-order valence-corrected chi connectivity index (χ1v) is 7.26. The largest absolute Gasteiger partial charge is 0.394 e. The molecule has 1 aliphatic rings. The van der Waals surface area contributed by atoms with Gasteiger partial charge in [0.2, 0.25) is 11.7 Å². The minimum absolute atomic E-state index is 0.0666. The third-order valence-electron chi connectivity index (χ3n) is 4.12. The van der Waals surface area contributed by atoms with Crippen molar-refractivity contribution < 1.29 is 18.4 Å². The van der Waals surface area contributed by atoms with Gasteiger partial charge in [-0.25, -0.2) is 8.78 Å². The first kappa shape index (κ1) is 15.1. The van der Waals surface area contributed by atoms with E-state index in [-0.39, 0.29) is 18.0 Å². The van der Waals surface area contributed by atoms with Gasteiger partial charge in [0.25, 0.3) is 0 Å². The van der Waals surface area contributed by atoms with E-state index in [0.29, 0.717) is 18.0 Å². The van der Waals surface area contributed by atoms with Gasteiger partial charge in [0.15, 0.2) is 11.6 Å². The number of aliphatic hydroxyl groups excluding tert-OH is 1. The Hall–Kier alpha value is -1.86. The summed E-state index contributed by atoms with van der Waals surface area (Å²) >= 11 is 0. The molecular weight excluding hydrogens is 292 g/mol. The summed E-state index contributed by atoms with van der Waals surface area (Å²) in [7, 11) is 0. The molecule has 1 saturated carbocycles. The second-order valence-electron chi connectivity index (χ2n) is 5.64. The van der Waals surface area contributed by atoms with Crippen molar-refractivity contribution in [1.29, 1.82) is 0 Å². The molecule has 1 heterocycles. The highest BCUT2D eigenvalue weighted by molar-refractivity contribution is 5.54. The highest BCUT2D eigenvalue weighted by Crippen LogP contribution is 2.29. The molecule has 1 aliphatic carbocycles. The molecule has 22 heavy (non-hydrogen) atoms. The number of benzene rings is 1. The third-order valence-corrected chi connectivity index (χ3v) is 4.12. The van der Waals surface area contributed by atoms with Crippen LogP contribution in [0.4, 0.5) is 8.78 Å². The van der Waals surface area contributed by atoms with E-state index in [2.05, 4.69) is 15.5 Å². The predicted molar refractivity (Wildman–Crippen MR) is 74.8 cm³/mol. The van der Waals surface area contributed by atoms with Gasteiger partial charge in [-0.1, -0.05) is 18.0 Å². The lowest BCUT2D eigenvalue weighted by Crippen LogP contribution is -2.45. The quantitative estimate of drug-likeness (QED) is 0.887. The molecule has 1 aromatic heterocycles. The van der Waals surface area contributed by atoms with Crippen LogP contribution in [0.1, 0.15) is 31.6 Å². The number of nitrogens with one attached hydrogen (secondary N) is 1. The van der Waals surface area contributed by atoms with Crippen LogP contribution in [-0.4, -0.2) is 27.4 Å². The fourth-order valence-corrected chi connectivity index (χ4v) is 2.78. The standard InChI is InChI=1S/C15H17F2N3O2/c16-11-4-3-10(7-12(11)17)14-19-13(22-20-14)8-18-15(9-21)5-1-2-6-15/h3-4,7,18,21H,1-2,5-6,8-9H2. The average Bonchev–Trinajstić information content (AvgIpc) is 3.17. The molecule has 1 fully saturated rings. The summed E-state index contributed by atoms with van der Waals surface area (Å²) in [6.45, 7) is 0.397. The van der Waals surface area contributed by atoms with Gasteiger partial charge in [-0.2, -0.15) is 4.98 Å². The van der Waals surface area contributed by atoms with Crippen molar-refractivity contribution in [2.45, 2.75) is 37.8 Å². The van der Waals surface area contributed by atoms with Crippen LogP contribution in [-0.2, 0) is 6.54 Å². The van der Waals surface area contributed by atoms with E-state index >= 15 is 0 Å². The van der Waals surface area contributed by atoms with Crippen molar-refractivity contribution in [2.75, 3.05) is 6.61 Å². The van der Waals surface area contributed by atoms with Crippen molar-refractivity contribution in [3.05, 3.63) is 35.7 Å². The number of aromatic nitrogens is 2. The maximum atomic E-state index is 13.2. The molecule has 3 rings (SSSR count). The van der Waals surface area contributed by atoms with Crippen LogP contribution in [0.15, 0.2) is 22.7 Å². The Bertz CT molecular complexity index is 654. The Balaban J connectivity index is 1.69. The van der Waals surface area contributed by atoms with Crippen LogP contribution >= 0.6 is 0 Å². The molecule has 5 nitrogen and oxygen atoms in total. The normalized spacial score (nSPS) is 17.0. The van der Waals surface area contributed by atoms with Gasteiger partial charge in [0.05, 0.1) is 13.2 Å². The third kappa shape index (κ3) is 3.00. The number of hydrogen-bond acceptors (Lipinski definition) is 5. The van der Waals surface area contributed by atoms with E-state index in [1.165, 1.54) is 6.07 Å². The van der Waals surface area contributed by atoms with Gasteiger partial charge in [0.1, 0.15) is 0 Å². The van der Waals surface area contributed by atoms with E-state index in [0.717, 1.165) is 37.8 Å². The van der Waals surface area contributed by atoms with Crippen molar-refractivity contribution >= 4 is 0 Å². The summed E-state index contributed by atoms with van der Waals surface area (Å²) in [5, 5.41) is 16.6. The molecule has 0 aliphatic heterocycles. The summed E-state index contributed by atoms with van der Waals surface area (Å²) in [6, 6.07) is 3.45. The summed E-state index contributed by atoms with van der Waals surface area (Å²) in [5.41, 5.74) is 0.0722. The lowest BCUT2D eigenvalue weighted by atomic mass is 9.99. The molecular formula is C15H17F2N3O2. The smallest absolute Gasteiger partial charge is 0.240 e. The molecule has 0 bridgehead atoms. The van der Waals surface area contributed by atoms with Crippen LogP contribution < -0.4 is 5.32 Å². The highest BCUT2D eigenvalue weighted by atomic mass is 19.2. The molecule has 2 aromatic rings. The van der Waals surface area contributed by atoms with E-state index in [1.807, 2.05) is 0 Å². The Morgan fingerprint density at radius 1 is 1.23 bits per heavy atom. The fraction of sp³-hybridized carbons (Fsp3) is 0.467. The number of halogens is 2. The Morgan fingerprint density at radius 3 is 2.68 bits per heavy atom. The van der Waals surface area contributed by atoms with Crippen molar-refractivity contribution in [2.24, 2.45) is 0 Å². The Labute approximate surface area is 126 Å². The SMILES string of the molecule is OCC1(NCc2nc(-c3ccc(F)c(F)c3)no2)CCCC1. The second-order valence-corrected chi connectivity index (χ2v) is 5.64. The zero-order valence-electron chi connectivity index (χ0n) is 12.0. The summed E-state index contributed by atoms with van der Waals surface area (Å²) in [5.74, 6) is -1.31. The Morgan fingerprint density at radius 2 is 2.00 bits per heavy atom. The molecule has 2 N–H and O–H groups in total. The molecule has 7 heteroatoms. The summed E-state index contributed by atoms with van der Waals surface area (Å²) in [6.07, 6.45) is 3.98. The van der Waals surface area contributed by atoms with Crippen molar-refractivity contribution in [3.8, 4) is 11.4 Å². The average molecular weight is 309 g/mol. The molecule has 1 aromatic carbocycles. The number of nitrogens with zero attached hydrogens (tertiary/aromatic N) is 2. The summed E-state index contributed by atoms with van der Waals surface area (Å²) in [4.78, 5) is 4.17. The number of hydrogen-bond donors (Lipinski definition) is 2. The minimum Gasteiger partial charge on any atom is -0.394 e. The van der Waals surface area contributed by atoms with Gasteiger partial charge >= 0.3 is 0 Å². The molecule has 0 atom stereocenters. The van der Waals surface area contributed by atoms with Crippen LogP contribution in [0.3, 0.4) is 0 Å². The lowest BCUT2D eigenvalue weighted by Gasteiger charge is -2.27. The minimum atomic E-state index is -0.952. The van der Waals surface area contributed by atoms with Crippen LogP contribution in [0.2, 0.25) is 0 Å². The second kappa shape index (κ2) is 6.10. The van der Waals surface area contributed by atoms with E-state index in [4.69, 9.17) is 4.52 Å². The first-order valence-electron chi connectivity index (χ1n) is 7.26. The summed E-state index contributed by atoms with van der Waals surface area (Å²) < 4.78 is 31.3. The van der Waals surface area contributed by atoms with Crippen LogP contribution in [0.25, 0.3) is 11.4 Å². The van der Waals surface area contributed by atoms with Gasteiger partial charge in [-0.15, -0.1) is 0 Å². The zero-order chi connectivity index (χ0) is 15.6. The van der Waals surface area contributed by atoms with Crippen molar-refractivity contribution in [1.82, 2.24) is 15.5 Å². The van der Waals surface area contributed by atoms with Crippen LogP contribution in [0, 0.1) is 11.6 Å². The van der Waals surface area contributed by atoms with E-state index in [1.54, 1.807) is 0 Å². The van der Waals surface area contributed by atoms with Gasteiger partial charge < -0.3 is 14.9 Å². The predicted octanol–water partition coefficient (Wildman–Crippen LogP) is 2.41. The maximum absolute atomic E-state index is 13.2. The van der Waals surface area contributed by atoms with E-state index < -0.39 is 11.6 Å². The Kier molecular flexibility index (Phi) is 4.17. The van der Waals surface area contributed by atoms with Gasteiger partial charge in [-0.05, 0) is 31.0 Å². The van der Waals surface area contributed by atoms with Gasteiger partial charge in [-0.3, -0.25) is 0 Å². The molecule has 0 saturated heterocycles. The lowest BCUT2D eigenvalue weighted by molar-refractivity contribution is 0.158. The molecule has 0 amide bonds. The van der Waals surface area contributed by atoms with Crippen molar-refractivity contribution in [3.63, 3.8) is 0 Å². The number of rotatable bonds is 5.